The normalized spacial score (nSPS) is 14.4. The Bertz CT molecular complexity index is 867. The van der Waals surface area contributed by atoms with Crippen LogP contribution < -0.4 is 5.32 Å². The van der Waals surface area contributed by atoms with Gasteiger partial charge >= 0.3 is 5.97 Å². The van der Waals surface area contributed by atoms with Crippen molar-refractivity contribution in [2.24, 2.45) is 5.92 Å². The van der Waals surface area contributed by atoms with Crippen LogP contribution in [0.2, 0.25) is 0 Å². The van der Waals surface area contributed by atoms with Gasteiger partial charge in [-0.1, -0.05) is 29.8 Å². The predicted molar refractivity (Wildman–Crippen MR) is 111 cm³/mol. The van der Waals surface area contributed by atoms with Gasteiger partial charge in [-0.15, -0.1) is 0 Å². The number of aryl methyl sites for hydroxylation is 2. The number of nitrogens with one attached hydrogen (secondary N) is 1. The van der Waals surface area contributed by atoms with Crippen molar-refractivity contribution in [1.82, 2.24) is 4.90 Å². The number of anilines is 1. The molecule has 2 aromatic carbocycles. The first-order chi connectivity index (χ1) is 13.9. The fourth-order valence-corrected chi connectivity index (χ4v) is 3.44. The van der Waals surface area contributed by atoms with E-state index in [9.17, 15) is 14.4 Å². The second-order valence-corrected chi connectivity index (χ2v) is 7.52. The minimum Gasteiger partial charge on any atom is -0.481 e. The molecule has 1 saturated heterocycles. The summed E-state index contributed by atoms with van der Waals surface area (Å²) in [7, 11) is 0. The number of carbonyl (C=O) groups is 3. The molecule has 0 bridgehead atoms. The highest BCUT2D eigenvalue weighted by molar-refractivity contribution is 5.96. The Hall–Kier alpha value is -3.15. The Labute approximate surface area is 170 Å². The number of hydrogen-bond donors (Lipinski definition) is 2. The van der Waals surface area contributed by atoms with Crippen LogP contribution in [0.1, 0.15) is 40.7 Å². The molecule has 2 aromatic rings. The van der Waals surface area contributed by atoms with Crippen molar-refractivity contribution in [1.29, 1.82) is 0 Å². The number of carboxylic acids is 1. The largest absolute Gasteiger partial charge is 0.481 e. The van der Waals surface area contributed by atoms with Gasteiger partial charge in [0.15, 0.2) is 0 Å². The minimum absolute atomic E-state index is 0.0691. The summed E-state index contributed by atoms with van der Waals surface area (Å²) in [5.41, 5.74) is 3.51. The summed E-state index contributed by atoms with van der Waals surface area (Å²) in [4.78, 5) is 37.5. The Kier molecular flexibility index (Phi) is 6.65. The van der Waals surface area contributed by atoms with Crippen LogP contribution in [0, 0.1) is 12.8 Å². The van der Waals surface area contributed by atoms with E-state index in [-0.39, 0.29) is 17.7 Å². The van der Waals surface area contributed by atoms with Gasteiger partial charge in [-0.05, 0) is 56.0 Å². The third-order valence-corrected chi connectivity index (χ3v) is 5.31. The van der Waals surface area contributed by atoms with Gasteiger partial charge in [0.05, 0.1) is 5.92 Å². The van der Waals surface area contributed by atoms with E-state index < -0.39 is 5.97 Å². The summed E-state index contributed by atoms with van der Waals surface area (Å²) in [5.74, 6) is -1.33. The molecule has 0 aromatic heterocycles. The van der Waals surface area contributed by atoms with E-state index in [1.807, 2.05) is 31.2 Å². The molecule has 1 fully saturated rings. The highest BCUT2D eigenvalue weighted by Gasteiger charge is 2.27. The highest BCUT2D eigenvalue weighted by atomic mass is 16.4. The van der Waals surface area contributed by atoms with E-state index in [0.717, 1.165) is 5.56 Å². The first-order valence-corrected chi connectivity index (χ1v) is 9.90. The van der Waals surface area contributed by atoms with E-state index in [0.29, 0.717) is 50.0 Å². The minimum atomic E-state index is -0.792. The molecule has 0 radical (unpaired) electrons. The molecule has 1 heterocycles. The first kappa shape index (κ1) is 20.6. The van der Waals surface area contributed by atoms with Gasteiger partial charge in [0.1, 0.15) is 0 Å². The quantitative estimate of drug-likeness (QED) is 0.785. The number of benzene rings is 2. The number of carbonyl (C=O) groups excluding carboxylic acids is 2. The fraction of sp³-hybridized carbons (Fsp3) is 0.348. The molecule has 6 heteroatoms. The second kappa shape index (κ2) is 9.37. The van der Waals surface area contributed by atoms with Gasteiger partial charge in [0.25, 0.3) is 5.91 Å². The zero-order chi connectivity index (χ0) is 20.8. The maximum Gasteiger partial charge on any atom is 0.306 e. The van der Waals surface area contributed by atoms with Gasteiger partial charge in [-0.25, -0.2) is 0 Å². The standard InChI is InChI=1S/C23H26N2O4/c1-16-2-4-17(5-3-16)6-11-21(26)24-20-9-7-18(8-10-20)22(27)25-14-12-19(13-15-25)23(28)29/h2-5,7-10,19H,6,11-15H2,1H3,(H,24,26)(H,28,29). The summed E-state index contributed by atoms with van der Waals surface area (Å²) in [6.07, 6.45) is 2.03. The maximum absolute atomic E-state index is 12.6. The molecular weight excluding hydrogens is 368 g/mol. The van der Waals surface area contributed by atoms with Crippen LogP contribution in [-0.2, 0) is 16.0 Å². The summed E-state index contributed by atoms with van der Waals surface area (Å²) >= 11 is 0. The molecule has 1 aliphatic rings. The number of aliphatic carboxylic acids is 1. The van der Waals surface area contributed by atoms with E-state index in [2.05, 4.69) is 5.32 Å². The molecule has 1 aliphatic heterocycles. The zero-order valence-electron chi connectivity index (χ0n) is 16.6. The summed E-state index contributed by atoms with van der Waals surface area (Å²) in [5, 5.41) is 11.9. The summed E-state index contributed by atoms with van der Waals surface area (Å²) in [6.45, 7) is 2.93. The van der Waals surface area contributed by atoms with Crippen molar-refractivity contribution in [3.8, 4) is 0 Å². The lowest BCUT2D eigenvalue weighted by Crippen LogP contribution is -2.40. The Balaban J connectivity index is 1.49. The molecule has 6 nitrogen and oxygen atoms in total. The number of carboxylic acid groups (broad SMARTS) is 1. The number of rotatable bonds is 6. The van der Waals surface area contributed by atoms with E-state index >= 15 is 0 Å². The third kappa shape index (κ3) is 5.67. The Morgan fingerprint density at radius 3 is 2.21 bits per heavy atom. The first-order valence-electron chi connectivity index (χ1n) is 9.90. The molecule has 2 amide bonds. The average molecular weight is 394 g/mol. The van der Waals surface area contributed by atoms with Crippen LogP contribution in [0.5, 0.6) is 0 Å². The lowest BCUT2D eigenvalue weighted by Gasteiger charge is -2.30. The molecule has 3 rings (SSSR count). The molecule has 0 atom stereocenters. The zero-order valence-corrected chi connectivity index (χ0v) is 16.6. The van der Waals surface area contributed by atoms with E-state index in [1.54, 1.807) is 29.2 Å². The molecule has 152 valence electrons. The van der Waals surface area contributed by atoms with E-state index in [1.165, 1.54) is 5.56 Å². The van der Waals surface area contributed by atoms with Crippen LogP contribution >= 0.6 is 0 Å². The monoisotopic (exact) mass is 394 g/mol. The number of piperidine rings is 1. The van der Waals surface area contributed by atoms with Crippen LogP contribution in [0.4, 0.5) is 5.69 Å². The van der Waals surface area contributed by atoms with E-state index in [4.69, 9.17) is 5.11 Å². The molecule has 2 N–H and O–H groups in total. The smallest absolute Gasteiger partial charge is 0.306 e. The molecule has 0 spiro atoms. The summed E-state index contributed by atoms with van der Waals surface area (Å²) < 4.78 is 0. The van der Waals surface area contributed by atoms with Crippen molar-refractivity contribution in [2.75, 3.05) is 18.4 Å². The Morgan fingerprint density at radius 1 is 1.00 bits per heavy atom. The van der Waals surface area contributed by atoms with Crippen LogP contribution in [-0.4, -0.2) is 40.9 Å². The van der Waals surface area contributed by atoms with Crippen LogP contribution in [0.25, 0.3) is 0 Å². The Morgan fingerprint density at radius 2 is 1.62 bits per heavy atom. The number of likely N-dealkylation sites (tertiary alicyclic amines) is 1. The van der Waals surface area contributed by atoms with Crippen LogP contribution in [0.15, 0.2) is 48.5 Å². The molecule has 0 unspecified atom stereocenters. The topological polar surface area (TPSA) is 86.7 Å². The molecule has 0 saturated carbocycles. The highest BCUT2D eigenvalue weighted by Crippen LogP contribution is 2.20. The number of amides is 2. The van der Waals surface area contributed by atoms with Crippen LogP contribution in [0.3, 0.4) is 0 Å². The van der Waals surface area contributed by atoms with Crippen molar-refractivity contribution >= 4 is 23.5 Å². The van der Waals surface area contributed by atoms with Gasteiger partial charge in [-0.2, -0.15) is 0 Å². The van der Waals surface area contributed by atoms with Crippen molar-refractivity contribution < 1.29 is 19.5 Å². The maximum atomic E-state index is 12.6. The molecule has 0 aliphatic carbocycles. The number of nitrogens with zero attached hydrogens (tertiary/aromatic N) is 1. The van der Waals surface area contributed by atoms with Crippen molar-refractivity contribution in [3.63, 3.8) is 0 Å². The predicted octanol–water partition coefficient (Wildman–Crippen LogP) is 3.50. The summed E-state index contributed by atoms with van der Waals surface area (Å²) in [6, 6.07) is 15.0. The fourth-order valence-electron chi connectivity index (χ4n) is 3.44. The van der Waals surface area contributed by atoms with Gasteiger partial charge in [0.2, 0.25) is 5.91 Å². The lowest BCUT2D eigenvalue weighted by atomic mass is 9.96. The van der Waals surface area contributed by atoms with Gasteiger partial charge in [0, 0.05) is 30.8 Å². The molecular formula is C23H26N2O4. The SMILES string of the molecule is Cc1ccc(CCC(=O)Nc2ccc(C(=O)N3CCC(C(=O)O)CC3)cc2)cc1. The van der Waals surface area contributed by atoms with Gasteiger partial charge < -0.3 is 15.3 Å². The lowest BCUT2D eigenvalue weighted by molar-refractivity contribution is -0.143. The van der Waals surface area contributed by atoms with Gasteiger partial charge in [-0.3, -0.25) is 14.4 Å². The second-order valence-electron chi connectivity index (χ2n) is 7.52. The number of hydrogen-bond acceptors (Lipinski definition) is 3. The average Bonchev–Trinajstić information content (AvgIpc) is 2.73. The van der Waals surface area contributed by atoms with Crippen molar-refractivity contribution in [2.45, 2.75) is 32.6 Å². The molecule has 29 heavy (non-hydrogen) atoms. The third-order valence-electron chi connectivity index (χ3n) is 5.31. The van der Waals surface area contributed by atoms with Crippen molar-refractivity contribution in [3.05, 3.63) is 65.2 Å².